The van der Waals surface area contributed by atoms with E-state index in [0.717, 1.165) is 24.4 Å². The van der Waals surface area contributed by atoms with E-state index in [-0.39, 0.29) is 18.3 Å². The number of methoxy groups -OCH3 is 1. The van der Waals surface area contributed by atoms with Gasteiger partial charge in [0.25, 0.3) is 0 Å². The third-order valence-electron chi connectivity index (χ3n) is 3.25. The van der Waals surface area contributed by atoms with Gasteiger partial charge in [-0.05, 0) is 56.4 Å². The van der Waals surface area contributed by atoms with Crippen molar-refractivity contribution in [2.24, 2.45) is 0 Å². The zero-order valence-electron chi connectivity index (χ0n) is 13.9. The molecule has 0 saturated heterocycles. The number of ether oxygens (including phenoxy) is 2. The second kappa shape index (κ2) is 10.5. The molecule has 0 aliphatic rings. The van der Waals surface area contributed by atoms with Crippen molar-refractivity contribution >= 4 is 24.0 Å². The predicted molar refractivity (Wildman–Crippen MR) is 98.5 cm³/mol. The van der Waals surface area contributed by atoms with Crippen LogP contribution in [0.25, 0.3) is 0 Å². The van der Waals surface area contributed by atoms with Crippen LogP contribution in [0, 0.1) is 0 Å². The molecular formula is C18H23ClN2O3. The molecule has 2 N–H and O–H groups in total. The van der Waals surface area contributed by atoms with E-state index in [1.165, 1.54) is 0 Å². The smallest absolute Gasteiger partial charge is 0.224 e. The topological polar surface area (TPSA) is 59.6 Å². The Morgan fingerprint density at radius 3 is 2.42 bits per heavy atom. The van der Waals surface area contributed by atoms with Crippen LogP contribution in [0.15, 0.2) is 48.5 Å². The molecule has 5 nitrogen and oxygen atoms in total. The van der Waals surface area contributed by atoms with Gasteiger partial charge in [-0.25, -0.2) is 0 Å². The Bertz CT molecular complexity index is 632. The molecule has 2 aromatic rings. The van der Waals surface area contributed by atoms with Crippen LogP contribution in [-0.4, -0.2) is 26.6 Å². The summed E-state index contributed by atoms with van der Waals surface area (Å²) in [5, 5.41) is 5.89. The van der Waals surface area contributed by atoms with Crippen molar-refractivity contribution in [3.8, 4) is 17.2 Å². The van der Waals surface area contributed by atoms with Gasteiger partial charge in [-0.15, -0.1) is 12.4 Å². The van der Waals surface area contributed by atoms with Gasteiger partial charge in [0.2, 0.25) is 5.91 Å². The molecule has 0 fully saturated rings. The summed E-state index contributed by atoms with van der Waals surface area (Å²) in [6.07, 6.45) is 1.32. The number of amides is 1. The molecule has 0 saturated carbocycles. The van der Waals surface area contributed by atoms with Crippen LogP contribution in [0.2, 0.25) is 0 Å². The Kier molecular flexibility index (Phi) is 8.68. The summed E-state index contributed by atoms with van der Waals surface area (Å²) >= 11 is 0. The molecular weight excluding hydrogens is 328 g/mol. The summed E-state index contributed by atoms with van der Waals surface area (Å²) in [7, 11) is 3.49. The molecule has 6 heteroatoms. The van der Waals surface area contributed by atoms with Gasteiger partial charge in [0.1, 0.15) is 17.2 Å². The second-order valence-electron chi connectivity index (χ2n) is 5.06. The Labute approximate surface area is 148 Å². The average molecular weight is 351 g/mol. The van der Waals surface area contributed by atoms with E-state index in [1.54, 1.807) is 7.11 Å². The predicted octanol–water partition coefficient (Wildman–Crippen LogP) is 3.85. The quantitative estimate of drug-likeness (QED) is 0.710. The number of hydrogen-bond acceptors (Lipinski definition) is 4. The first-order valence-corrected chi connectivity index (χ1v) is 7.57. The zero-order chi connectivity index (χ0) is 16.5. The molecule has 0 unspecified atom stereocenters. The fraction of sp³-hybridized carbons (Fsp3) is 0.278. The lowest BCUT2D eigenvalue weighted by Gasteiger charge is -2.09. The molecule has 0 spiro atoms. The van der Waals surface area contributed by atoms with Gasteiger partial charge >= 0.3 is 0 Å². The van der Waals surface area contributed by atoms with Gasteiger partial charge in [-0.1, -0.05) is 6.07 Å². The number of nitrogens with one attached hydrogen (secondary N) is 2. The van der Waals surface area contributed by atoms with E-state index in [4.69, 9.17) is 9.47 Å². The van der Waals surface area contributed by atoms with E-state index in [1.807, 2.05) is 55.6 Å². The minimum atomic E-state index is 0. The molecule has 1 amide bonds. The van der Waals surface area contributed by atoms with Crippen LogP contribution >= 0.6 is 12.4 Å². The van der Waals surface area contributed by atoms with E-state index in [2.05, 4.69) is 10.6 Å². The number of halogens is 1. The van der Waals surface area contributed by atoms with E-state index >= 15 is 0 Å². The van der Waals surface area contributed by atoms with Crippen LogP contribution in [0.1, 0.15) is 12.8 Å². The Hall–Kier alpha value is -2.24. The Morgan fingerprint density at radius 2 is 1.75 bits per heavy atom. The number of anilines is 1. The molecule has 0 atom stereocenters. The Morgan fingerprint density at radius 1 is 1.04 bits per heavy atom. The third-order valence-corrected chi connectivity index (χ3v) is 3.25. The minimum absolute atomic E-state index is 0. The standard InChI is InChI=1S/C18H22N2O3.ClH/c1-19-12-4-7-18(21)20-14-8-10-15(11-9-14)23-17-6-3-5-16(13-17)22-2;/h3,5-6,8-11,13,19H,4,7,12H2,1-2H3,(H,20,21);1H. The molecule has 24 heavy (non-hydrogen) atoms. The van der Waals surface area contributed by atoms with Gasteiger partial charge in [-0.2, -0.15) is 0 Å². The van der Waals surface area contributed by atoms with Crippen molar-refractivity contribution in [2.45, 2.75) is 12.8 Å². The van der Waals surface area contributed by atoms with Gasteiger partial charge in [0.05, 0.1) is 7.11 Å². The lowest BCUT2D eigenvalue weighted by molar-refractivity contribution is -0.116. The molecule has 0 heterocycles. The first-order chi connectivity index (χ1) is 11.2. The fourth-order valence-electron chi connectivity index (χ4n) is 2.06. The Balaban J connectivity index is 0.00000288. The summed E-state index contributed by atoms with van der Waals surface area (Å²) in [5.41, 5.74) is 0.762. The van der Waals surface area contributed by atoms with Crippen molar-refractivity contribution < 1.29 is 14.3 Å². The molecule has 0 bridgehead atoms. The summed E-state index contributed by atoms with van der Waals surface area (Å²) in [5.74, 6) is 2.16. The molecule has 0 aliphatic carbocycles. The van der Waals surface area contributed by atoms with E-state index in [9.17, 15) is 4.79 Å². The largest absolute Gasteiger partial charge is 0.497 e. The average Bonchev–Trinajstić information content (AvgIpc) is 2.57. The first kappa shape index (κ1) is 19.8. The summed E-state index contributed by atoms with van der Waals surface area (Å²) < 4.78 is 10.9. The SMILES string of the molecule is CNCCCC(=O)Nc1ccc(Oc2cccc(OC)c2)cc1.Cl. The maximum atomic E-state index is 11.7. The third kappa shape index (κ3) is 6.48. The van der Waals surface area contributed by atoms with Crippen LogP contribution in [-0.2, 0) is 4.79 Å². The molecule has 0 radical (unpaired) electrons. The van der Waals surface area contributed by atoms with E-state index < -0.39 is 0 Å². The van der Waals surface area contributed by atoms with Gasteiger partial charge in [0, 0.05) is 18.2 Å². The number of carbonyl (C=O) groups is 1. The van der Waals surface area contributed by atoms with Crippen molar-refractivity contribution in [3.05, 3.63) is 48.5 Å². The van der Waals surface area contributed by atoms with Crippen LogP contribution < -0.4 is 20.1 Å². The number of hydrogen-bond donors (Lipinski definition) is 2. The van der Waals surface area contributed by atoms with Gasteiger partial charge in [0.15, 0.2) is 0 Å². The monoisotopic (exact) mass is 350 g/mol. The minimum Gasteiger partial charge on any atom is -0.497 e. The first-order valence-electron chi connectivity index (χ1n) is 7.57. The van der Waals surface area contributed by atoms with Crippen molar-refractivity contribution in [3.63, 3.8) is 0 Å². The fourth-order valence-corrected chi connectivity index (χ4v) is 2.06. The normalized spacial score (nSPS) is 9.75. The second-order valence-corrected chi connectivity index (χ2v) is 5.06. The highest BCUT2D eigenvalue weighted by atomic mass is 35.5. The van der Waals surface area contributed by atoms with Crippen LogP contribution in [0.3, 0.4) is 0 Å². The summed E-state index contributed by atoms with van der Waals surface area (Å²) in [6, 6.07) is 14.7. The van der Waals surface area contributed by atoms with Crippen molar-refractivity contribution in [2.75, 3.05) is 26.0 Å². The molecule has 130 valence electrons. The van der Waals surface area contributed by atoms with Gasteiger partial charge in [-0.3, -0.25) is 4.79 Å². The number of benzene rings is 2. The summed E-state index contributed by atoms with van der Waals surface area (Å²) in [4.78, 5) is 11.7. The van der Waals surface area contributed by atoms with Crippen LogP contribution in [0.4, 0.5) is 5.69 Å². The molecule has 2 aromatic carbocycles. The number of rotatable bonds is 8. The molecule has 2 rings (SSSR count). The highest BCUT2D eigenvalue weighted by Gasteiger charge is 2.03. The molecule has 0 aromatic heterocycles. The molecule has 0 aliphatic heterocycles. The maximum Gasteiger partial charge on any atom is 0.224 e. The maximum absolute atomic E-state index is 11.7. The van der Waals surface area contributed by atoms with Gasteiger partial charge < -0.3 is 20.1 Å². The van der Waals surface area contributed by atoms with E-state index in [0.29, 0.717) is 17.9 Å². The lowest BCUT2D eigenvalue weighted by Crippen LogP contribution is -2.15. The number of carbonyl (C=O) groups excluding carboxylic acids is 1. The van der Waals surface area contributed by atoms with Crippen molar-refractivity contribution in [1.29, 1.82) is 0 Å². The highest BCUT2D eigenvalue weighted by Crippen LogP contribution is 2.26. The van der Waals surface area contributed by atoms with Crippen LogP contribution in [0.5, 0.6) is 17.2 Å². The lowest BCUT2D eigenvalue weighted by atomic mass is 10.2. The van der Waals surface area contributed by atoms with Crippen molar-refractivity contribution in [1.82, 2.24) is 5.32 Å². The zero-order valence-corrected chi connectivity index (χ0v) is 14.7. The highest BCUT2D eigenvalue weighted by molar-refractivity contribution is 5.90. The summed E-state index contributed by atoms with van der Waals surface area (Å²) in [6.45, 7) is 0.834.